The van der Waals surface area contributed by atoms with Gasteiger partial charge in [-0.2, -0.15) is 0 Å². The van der Waals surface area contributed by atoms with Gasteiger partial charge in [-0.1, -0.05) is 29.8 Å². The van der Waals surface area contributed by atoms with Crippen molar-refractivity contribution in [2.24, 2.45) is 4.99 Å². The normalized spacial score (nSPS) is 12.0. The zero-order valence-corrected chi connectivity index (χ0v) is 14.9. The van der Waals surface area contributed by atoms with Crippen LogP contribution >= 0.6 is 11.6 Å². The van der Waals surface area contributed by atoms with E-state index in [0.717, 1.165) is 33.5 Å². The van der Waals surface area contributed by atoms with Crippen LogP contribution in [0.3, 0.4) is 0 Å². The highest BCUT2D eigenvalue weighted by atomic mass is 35.5. The minimum atomic E-state index is 0.562. The number of nitrogens with one attached hydrogen (secondary N) is 1. The molecule has 0 aliphatic carbocycles. The Kier molecular flexibility index (Phi) is 3.77. The molecule has 5 heteroatoms. The molecule has 0 fully saturated rings. The molecule has 1 aliphatic heterocycles. The molecule has 0 radical (unpaired) electrons. The standard InChI is InChI=1S/C22H14ClN3O/c23-16-4-3-5-17(12-16)25-18-8-9-19-14(11-18)10-15-13-24-20-6-1-2-7-21(20)27-22(15)26-19/h1-13,25H. The van der Waals surface area contributed by atoms with Crippen molar-refractivity contribution in [1.82, 2.24) is 4.98 Å². The van der Waals surface area contributed by atoms with Crippen molar-refractivity contribution in [3.63, 3.8) is 0 Å². The summed E-state index contributed by atoms with van der Waals surface area (Å²) in [6, 6.07) is 23.4. The lowest BCUT2D eigenvalue weighted by atomic mass is 10.1. The van der Waals surface area contributed by atoms with Crippen LogP contribution in [0, 0.1) is 0 Å². The molecule has 1 aromatic heterocycles. The van der Waals surface area contributed by atoms with Crippen LogP contribution in [0.1, 0.15) is 5.56 Å². The second kappa shape index (κ2) is 6.41. The molecule has 3 aromatic carbocycles. The van der Waals surface area contributed by atoms with Crippen molar-refractivity contribution < 1.29 is 4.74 Å². The number of benzene rings is 3. The van der Waals surface area contributed by atoms with E-state index in [1.165, 1.54) is 0 Å². The Morgan fingerprint density at radius 3 is 2.67 bits per heavy atom. The summed E-state index contributed by atoms with van der Waals surface area (Å²) >= 11 is 6.06. The summed E-state index contributed by atoms with van der Waals surface area (Å²) in [6.07, 6.45) is 1.80. The molecule has 0 amide bonds. The third kappa shape index (κ3) is 3.11. The average molecular weight is 372 g/mol. The highest BCUT2D eigenvalue weighted by molar-refractivity contribution is 6.30. The van der Waals surface area contributed by atoms with Crippen molar-refractivity contribution in [1.29, 1.82) is 0 Å². The molecular weight excluding hydrogens is 358 g/mol. The minimum Gasteiger partial charge on any atom is -0.436 e. The molecule has 0 bridgehead atoms. The van der Waals surface area contributed by atoms with Crippen molar-refractivity contribution in [2.45, 2.75) is 0 Å². The van der Waals surface area contributed by atoms with E-state index in [9.17, 15) is 0 Å². The zero-order valence-electron chi connectivity index (χ0n) is 14.2. The van der Waals surface area contributed by atoms with Crippen molar-refractivity contribution >= 4 is 45.8 Å². The van der Waals surface area contributed by atoms with E-state index in [2.05, 4.69) is 21.4 Å². The van der Waals surface area contributed by atoms with E-state index in [4.69, 9.17) is 16.3 Å². The van der Waals surface area contributed by atoms with Gasteiger partial charge >= 0.3 is 0 Å². The number of aromatic nitrogens is 1. The second-order valence-electron chi connectivity index (χ2n) is 6.25. The van der Waals surface area contributed by atoms with Gasteiger partial charge in [0, 0.05) is 28.0 Å². The van der Waals surface area contributed by atoms with Crippen LogP contribution in [0.4, 0.5) is 17.1 Å². The highest BCUT2D eigenvalue weighted by Crippen LogP contribution is 2.36. The fourth-order valence-electron chi connectivity index (χ4n) is 3.05. The molecule has 5 rings (SSSR count). The number of anilines is 2. The number of para-hydroxylation sites is 2. The molecule has 130 valence electrons. The average Bonchev–Trinajstić information content (AvgIpc) is 2.85. The monoisotopic (exact) mass is 371 g/mol. The molecule has 4 aromatic rings. The first kappa shape index (κ1) is 15.9. The molecule has 0 unspecified atom stereocenters. The molecule has 0 spiro atoms. The first-order chi connectivity index (χ1) is 13.2. The lowest BCUT2D eigenvalue weighted by Gasteiger charge is -2.10. The van der Waals surface area contributed by atoms with E-state index in [0.29, 0.717) is 16.7 Å². The molecular formula is C22H14ClN3O. The Hall–Kier alpha value is -3.37. The molecule has 0 saturated heterocycles. The number of aliphatic imine (C=N–C) groups is 1. The molecule has 1 N–H and O–H groups in total. The number of ether oxygens (including phenoxy) is 1. The maximum Gasteiger partial charge on any atom is 0.228 e. The molecule has 0 atom stereocenters. The van der Waals surface area contributed by atoms with Gasteiger partial charge in [0.25, 0.3) is 0 Å². The molecule has 0 saturated carbocycles. The maximum atomic E-state index is 6.06. The lowest BCUT2D eigenvalue weighted by Crippen LogP contribution is -1.95. The van der Waals surface area contributed by atoms with Crippen LogP contribution in [0.2, 0.25) is 5.02 Å². The van der Waals surface area contributed by atoms with E-state index in [-0.39, 0.29) is 0 Å². The summed E-state index contributed by atoms with van der Waals surface area (Å²) < 4.78 is 5.98. The predicted molar refractivity (Wildman–Crippen MR) is 110 cm³/mol. The summed E-state index contributed by atoms with van der Waals surface area (Å²) in [5.41, 5.74) is 4.39. The molecule has 1 aliphatic rings. The van der Waals surface area contributed by atoms with Crippen molar-refractivity contribution in [2.75, 3.05) is 5.32 Å². The van der Waals surface area contributed by atoms with Gasteiger partial charge in [0.15, 0.2) is 5.75 Å². The van der Waals surface area contributed by atoms with Crippen LogP contribution in [-0.4, -0.2) is 11.2 Å². The second-order valence-corrected chi connectivity index (χ2v) is 6.69. The van der Waals surface area contributed by atoms with Gasteiger partial charge in [-0.15, -0.1) is 0 Å². The van der Waals surface area contributed by atoms with Crippen LogP contribution in [-0.2, 0) is 0 Å². The SMILES string of the molecule is Clc1cccc(Nc2ccc3nc4c(cc3c2)C=Nc2ccccc2O4)c1. The number of rotatable bonds is 2. The number of hydrogen-bond donors (Lipinski definition) is 1. The van der Waals surface area contributed by atoms with E-state index in [1.54, 1.807) is 6.21 Å². The first-order valence-electron chi connectivity index (χ1n) is 8.53. The summed E-state index contributed by atoms with van der Waals surface area (Å²) in [6.45, 7) is 0. The van der Waals surface area contributed by atoms with Gasteiger partial charge in [-0.25, -0.2) is 4.98 Å². The Balaban J connectivity index is 1.54. The number of pyridine rings is 1. The fraction of sp³-hybridized carbons (Fsp3) is 0. The number of halogens is 1. The smallest absolute Gasteiger partial charge is 0.228 e. The van der Waals surface area contributed by atoms with Gasteiger partial charge in [-0.05, 0) is 54.6 Å². The summed E-state index contributed by atoms with van der Waals surface area (Å²) in [7, 11) is 0. The number of nitrogens with zero attached hydrogens (tertiary/aromatic N) is 2. The highest BCUT2D eigenvalue weighted by Gasteiger charge is 2.14. The Bertz CT molecular complexity index is 1200. The fourth-order valence-corrected chi connectivity index (χ4v) is 3.24. The molecule has 27 heavy (non-hydrogen) atoms. The maximum absolute atomic E-state index is 6.06. The summed E-state index contributed by atoms with van der Waals surface area (Å²) in [4.78, 5) is 9.19. The predicted octanol–water partition coefficient (Wildman–Crippen LogP) is 6.49. The minimum absolute atomic E-state index is 0.562. The van der Waals surface area contributed by atoms with Crippen LogP contribution < -0.4 is 10.1 Å². The van der Waals surface area contributed by atoms with Gasteiger partial charge in [0.2, 0.25) is 5.88 Å². The number of hydrogen-bond acceptors (Lipinski definition) is 4. The topological polar surface area (TPSA) is 46.5 Å². The number of fused-ring (bicyclic) bond motifs is 3. The van der Waals surface area contributed by atoms with E-state index < -0.39 is 0 Å². The summed E-state index contributed by atoms with van der Waals surface area (Å²) in [5, 5.41) is 5.06. The molecule has 2 heterocycles. The third-order valence-corrected chi connectivity index (χ3v) is 4.57. The Labute approximate surface area is 161 Å². The van der Waals surface area contributed by atoms with Gasteiger partial charge in [0.1, 0.15) is 5.69 Å². The van der Waals surface area contributed by atoms with Crippen LogP contribution in [0.5, 0.6) is 11.6 Å². The summed E-state index contributed by atoms with van der Waals surface area (Å²) in [5.74, 6) is 1.27. The van der Waals surface area contributed by atoms with E-state index in [1.807, 2.05) is 66.7 Å². The van der Waals surface area contributed by atoms with Gasteiger partial charge in [-0.3, -0.25) is 4.99 Å². The largest absolute Gasteiger partial charge is 0.436 e. The van der Waals surface area contributed by atoms with Crippen molar-refractivity contribution in [3.8, 4) is 11.6 Å². The van der Waals surface area contributed by atoms with Crippen molar-refractivity contribution in [3.05, 3.63) is 83.4 Å². The van der Waals surface area contributed by atoms with Crippen LogP contribution in [0.25, 0.3) is 10.9 Å². The van der Waals surface area contributed by atoms with Crippen LogP contribution in [0.15, 0.2) is 77.8 Å². The molecule has 4 nitrogen and oxygen atoms in total. The first-order valence-corrected chi connectivity index (χ1v) is 8.91. The zero-order chi connectivity index (χ0) is 18.2. The Morgan fingerprint density at radius 2 is 1.74 bits per heavy atom. The quantitative estimate of drug-likeness (QED) is 0.386. The Morgan fingerprint density at radius 1 is 0.852 bits per heavy atom. The van der Waals surface area contributed by atoms with E-state index >= 15 is 0 Å². The third-order valence-electron chi connectivity index (χ3n) is 4.34. The van der Waals surface area contributed by atoms with Gasteiger partial charge in [0.05, 0.1) is 11.1 Å². The van der Waals surface area contributed by atoms with Gasteiger partial charge < -0.3 is 10.1 Å². The lowest BCUT2D eigenvalue weighted by molar-refractivity contribution is 0.467.